The zero-order valence-electron chi connectivity index (χ0n) is 13.7. The van der Waals surface area contributed by atoms with E-state index in [1.54, 1.807) is 0 Å². The minimum absolute atomic E-state index is 0.210. The first-order valence-corrected chi connectivity index (χ1v) is 8.71. The lowest BCUT2D eigenvalue weighted by Crippen LogP contribution is -2.22. The summed E-state index contributed by atoms with van der Waals surface area (Å²) in [6.07, 6.45) is 21.2. The molecule has 2 unspecified atom stereocenters. The van der Waals surface area contributed by atoms with E-state index in [0.717, 1.165) is 18.5 Å². The molecule has 4 rings (SSSR count). The van der Waals surface area contributed by atoms with Gasteiger partial charge >= 0.3 is 0 Å². The van der Waals surface area contributed by atoms with Crippen molar-refractivity contribution in [2.75, 3.05) is 0 Å². The van der Waals surface area contributed by atoms with E-state index in [-0.39, 0.29) is 6.04 Å². The summed E-state index contributed by atoms with van der Waals surface area (Å²) in [4.78, 5) is 4.58. The van der Waals surface area contributed by atoms with Crippen LogP contribution in [0.25, 0.3) is 0 Å². The summed E-state index contributed by atoms with van der Waals surface area (Å²) >= 11 is 0. The van der Waals surface area contributed by atoms with E-state index in [1.165, 1.54) is 23.1 Å². The van der Waals surface area contributed by atoms with E-state index < -0.39 is 0 Å². The van der Waals surface area contributed by atoms with Gasteiger partial charge in [0.1, 0.15) is 0 Å². The molecule has 1 aromatic carbocycles. The Balaban J connectivity index is 1.49. The summed E-state index contributed by atoms with van der Waals surface area (Å²) in [5.41, 5.74) is 5.14. The molecule has 0 amide bonds. The van der Waals surface area contributed by atoms with E-state index in [9.17, 15) is 0 Å². The zero-order valence-corrected chi connectivity index (χ0v) is 13.7. The van der Waals surface area contributed by atoms with Gasteiger partial charge in [-0.1, -0.05) is 66.8 Å². The van der Waals surface area contributed by atoms with Crippen molar-refractivity contribution in [2.45, 2.75) is 25.3 Å². The van der Waals surface area contributed by atoms with Crippen molar-refractivity contribution < 1.29 is 0 Å². The summed E-state index contributed by atoms with van der Waals surface area (Å²) in [6.45, 7) is 0. The quantitative estimate of drug-likeness (QED) is 0.832. The van der Waals surface area contributed by atoms with Gasteiger partial charge in [-0.15, -0.1) is 0 Å². The molecule has 0 bridgehead atoms. The number of benzene rings is 1. The summed E-state index contributed by atoms with van der Waals surface area (Å²) in [6, 6.07) is 10.7. The molecular weight excluding hydrogens is 292 g/mol. The lowest BCUT2D eigenvalue weighted by molar-refractivity contribution is 0.698. The molecule has 0 spiro atoms. The largest absolute Gasteiger partial charge is 0.366 e. The first-order chi connectivity index (χ1) is 11.9. The van der Waals surface area contributed by atoms with Crippen LogP contribution in [0.5, 0.6) is 0 Å². The molecule has 0 fully saturated rings. The Hall–Kier alpha value is -2.61. The highest BCUT2D eigenvalue weighted by atomic mass is 15.0. The molecule has 2 heteroatoms. The van der Waals surface area contributed by atoms with Crippen LogP contribution in [0.4, 0.5) is 0 Å². The van der Waals surface area contributed by atoms with Gasteiger partial charge in [-0.05, 0) is 42.0 Å². The van der Waals surface area contributed by atoms with E-state index in [4.69, 9.17) is 0 Å². The van der Waals surface area contributed by atoms with Gasteiger partial charge in [-0.25, -0.2) is 4.99 Å². The third-order valence-corrected chi connectivity index (χ3v) is 4.77. The average molecular weight is 314 g/mol. The van der Waals surface area contributed by atoms with Crippen molar-refractivity contribution in [3.05, 3.63) is 95.3 Å². The van der Waals surface area contributed by atoms with Gasteiger partial charge in [0.2, 0.25) is 0 Å². The summed E-state index contributed by atoms with van der Waals surface area (Å²) < 4.78 is 0. The van der Waals surface area contributed by atoms with Crippen molar-refractivity contribution in [3.8, 4) is 0 Å². The van der Waals surface area contributed by atoms with Gasteiger partial charge < -0.3 is 5.32 Å². The fourth-order valence-corrected chi connectivity index (χ4v) is 3.41. The topological polar surface area (TPSA) is 24.4 Å². The molecular formula is C22H22N2. The second-order valence-corrected chi connectivity index (χ2v) is 6.40. The van der Waals surface area contributed by atoms with Crippen LogP contribution in [0.3, 0.4) is 0 Å². The van der Waals surface area contributed by atoms with Crippen LogP contribution < -0.4 is 5.32 Å². The van der Waals surface area contributed by atoms with Crippen molar-refractivity contribution in [1.29, 1.82) is 0 Å². The second kappa shape index (κ2) is 6.88. The highest BCUT2D eigenvalue weighted by Gasteiger charge is 2.19. The van der Waals surface area contributed by atoms with Crippen LogP contribution in [0.15, 0.2) is 94.7 Å². The molecule has 24 heavy (non-hydrogen) atoms. The Morgan fingerprint density at radius 3 is 2.58 bits per heavy atom. The Labute approximate surface area is 143 Å². The fraction of sp³-hybridized carbons (Fsp3) is 0.227. The van der Waals surface area contributed by atoms with Crippen LogP contribution in [0, 0.1) is 5.92 Å². The SMILES string of the molecule is C1=CC(C2=CCC(C3=CC(c4ccccc4)NC=N3)C=C2)=CCC1. The van der Waals surface area contributed by atoms with Crippen molar-refractivity contribution >= 4 is 6.34 Å². The molecule has 1 N–H and O–H groups in total. The molecule has 0 radical (unpaired) electrons. The third kappa shape index (κ3) is 3.18. The minimum atomic E-state index is 0.210. The second-order valence-electron chi connectivity index (χ2n) is 6.40. The van der Waals surface area contributed by atoms with Crippen LogP contribution >= 0.6 is 0 Å². The molecule has 2 aliphatic carbocycles. The molecule has 0 aromatic heterocycles. The monoisotopic (exact) mass is 314 g/mol. The number of nitrogens with one attached hydrogen (secondary N) is 1. The molecule has 3 aliphatic rings. The Bertz CT molecular complexity index is 775. The predicted molar refractivity (Wildman–Crippen MR) is 101 cm³/mol. The van der Waals surface area contributed by atoms with Gasteiger partial charge in [0, 0.05) is 11.6 Å². The van der Waals surface area contributed by atoms with Crippen LogP contribution in [-0.4, -0.2) is 6.34 Å². The molecule has 120 valence electrons. The van der Waals surface area contributed by atoms with Gasteiger partial charge in [0.25, 0.3) is 0 Å². The van der Waals surface area contributed by atoms with E-state index in [0.29, 0.717) is 5.92 Å². The van der Waals surface area contributed by atoms with E-state index >= 15 is 0 Å². The van der Waals surface area contributed by atoms with Gasteiger partial charge in [0.15, 0.2) is 0 Å². The van der Waals surface area contributed by atoms with Crippen molar-refractivity contribution in [1.82, 2.24) is 5.32 Å². The lowest BCUT2D eigenvalue weighted by atomic mass is 9.88. The third-order valence-electron chi connectivity index (χ3n) is 4.77. The summed E-state index contributed by atoms with van der Waals surface area (Å²) in [5.74, 6) is 0.367. The van der Waals surface area contributed by atoms with Crippen molar-refractivity contribution in [2.24, 2.45) is 10.9 Å². The number of allylic oxidation sites excluding steroid dienone is 8. The average Bonchev–Trinajstić information content (AvgIpc) is 2.70. The van der Waals surface area contributed by atoms with Crippen LogP contribution in [0.1, 0.15) is 30.9 Å². The first kappa shape index (κ1) is 14.9. The van der Waals surface area contributed by atoms with E-state index in [2.05, 4.69) is 83.2 Å². The Kier molecular flexibility index (Phi) is 4.28. The highest BCUT2D eigenvalue weighted by Crippen LogP contribution is 2.31. The summed E-state index contributed by atoms with van der Waals surface area (Å²) in [7, 11) is 0. The number of rotatable bonds is 3. The van der Waals surface area contributed by atoms with E-state index in [1.807, 2.05) is 6.34 Å². The predicted octanol–water partition coefficient (Wildman–Crippen LogP) is 5.02. The Morgan fingerprint density at radius 2 is 1.83 bits per heavy atom. The first-order valence-electron chi connectivity index (χ1n) is 8.71. The zero-order chi connectivity index (χ0) is 16.2. The fourth-order valence-electron chi connectivity index (χ4n) is 3.41. The highest BCUT2D eigenvalue weighted by molar-refractivity contribution is 5.61. The lowest BCUT2D eigenvalue weighted by Gasteiger charge is -2.23. The minimum Gasteiger partial charge on any atom is -0.366 e. The molecule has 2 nitrogen and oxygen atoms in total. The normalized spacial score (nSPS) is 25.6. The van der Waals surface area contributed by atoms with Crippen LogP contribution in [0.2, 0.25) is 0 Å². The maximum absolute atomic E-state index is 4.58. The summed E-state index contributed by atoms with van der Waals surface area (Å²) in [5, 5.41) is 3.34. The molecule has 2 atom stereocenters. The van der Waals surface area contributed by atoms with Crippen molar-refractivity contribution in [3.63, 3.8) is 0 Å². The number of hydrogen-bond acceptors (Lipinski definition) is 2. The molecule has 1 heterocycles. The molecule has 1 aromatic rings. The van der Waals surface area contributed by atoms with Gasteiger partial charge in [0.05, 0.1) is 12.4 Å². The number of hydrogen-bond donors (Lipinski definition) is 1. The molecule has 1 aliphatic heterocycles. The smallest absolute Gasteiger partial charge is 0.0889 e. The Morgan fingerprint density at radius 1 is 0.958 bits per heavy atom. The number of aliphatic imine (C=N–C) groups is 1. The number of nitrogens with zero attached hydrogens (tertiary/aromatic N) is 1. The standard InChI is InChI=1S/C22H22N2/c1-3-7-17(8-4-1)18-11-13-20(14-12-18)22-15-21(23-16-24-22)19-9-5-2-6-10-19/h2-3,5-13,15-16,20-21H,1,4,14H2,(H,23,24). The maximum Gasteiger partial charge on any atom is 0.0889 e. The maximum atomic E-state index is 4.58. The van der Waals surface area contributed by atoms with Gasteiger partial charge in [-0.3, -0.25) is 0 Å². The molecule has 0 saturated carbocycles. The molecule has 0 saturated heterocycles. The van der Waals surface area contributed by atoms with Crippen LogP contribution in [-0.2, 0) is 0 Å². The van der Waals surface area contributed by atoms with Gasteiger partial charge in [-0.2, -0.15) is 0 Å².